The van der Waals surface area contributed by atoms with E-state index in [4.69, 9.17) is 11.6 Å². The minimum Gasteiger partial charge on any atom is -0.299 e. The van der Waals surface area contributed by atoms with Crippen LogP contribution in [-0.2, 0) is 24.2 Å². The molecule has 0 bridgehead atoms. The van der Waals surface area contributed by atoms with Crippen molar-refractivity contribution in [2.45, 2.75) is 33.2 Å². The van der Waals surface area contributed by atoms with E-state index in [2.05, 4.69) is 5.10 Å². The van der Waals surface area contributed by atoms with Gasteiger partial charge >= 0.3 is 0 Å². The lowest BCUT2D eigenvalue weighted by Gasteiger charge is -2.06. The third-order valence-electron chi connectivity index (χ3n) is 3.08. The Balaban J connectivity index is 2.11. The van der Waals surface area contributed by atoms with Gasteiger partial charge in [-0.2, -0.15) is 5.10 Å². The van der Waals surface area contributed by atoms with Crippen molar-refractivity contribution in [2.24, 2.45) is 0 Å². The Morgan fingerprint density at radius 1 is 1.40 bits per heavy atom. The maximum absolute atomic E-state index is 13.7. The van der Waals surface area contributed by atoms with Gasteiger partial charge in [-0.3, -0.25) is 9.48 Å². The SMILES string of the molecule is CCn1nc(C)cc1CC(=O)Cc1cccc(Cl)c1F. The summed E-state index contributed by atoms with van der Waals surface area (Å²) < 4.78 is 15.5. The number of carbonyl (C=O) groups is 1. The number of aryl methyl sites for hydroxylation is 2. The maximum Gasteiger partial charge on any atom is 0.145 e. The smallest absolute Gasteiger partial charge is 0.145 e. The summed E-state index contributed by atoms with van der Waals surface area (Å²) in [6, 6.07) is 6.59. The lowest BCUT2D eigenvalue weighted by Crippen LogP contribution is -2.12. The van der Waals surface area contributed by atoms with E-state index >= 15 is 0 Å². The van der Waals surface area contributed by atoms with E-state index in [-0.39, 0.29) is 23.6 Å². The average Bonchev–Trinajstić information content (AvgIpc) is 2.75. The van der Waals surface area contributed by atoms with Crippen molar-refractivity contribution >= 4 is 17.4 Å². The van der Waals surface area contributed by atoms with Crippen molar-refractivity contribution in [1.29, 1.82) is 0 Å². The van der Waals surface area contributed by atoms with Gasteiger partial charge in [0, 0.05) is 25.1 Å². The van der Waals surface area contributed by atoms with Crippen LogP contribution in [-0.4, -0.2) is 15.6 Å². The molecular formula is C15H16ClFN2O. The minimum atomic E-state index is -0.511. The van der Waals surface area contributed by atoms with Crippen LogP contribution in [0.2, 0.25) is 5.02 Å². The number of Topliss-reactive ketones (excluding diaryl/α,β-unsaturated/α-hetero) is 1. The molecule has 0 N–H and O–H groups in total. The molecule has 0 fully saturated rings. The van der Waals surface area contributed by atoms with E-state index in [1.165, 1.54) is 6.07 Å². The molecule has 106 valence electrons. The lowest BCUT2D eigenvalue weighted by molar-refractivity contribution is -0.117. The van der Waals surface area contributed by atoms with E-state index in [0.717, 1.165) is 11.4 Å². The Morgan fingerprint density at radius 3 is 2.85 bits per heavy atom. The summed E-state index contributed by atoms with van der Waals surface area (Å²) in [5.74, 6) is -0.566. The molecule has 0 radical (unpaired) electrons. The Bertz CT molecular complexity index is 637. The zero-order valence-electron chi connectivity index (χ0n) is 11.5. The van der Waals surface area contributed by atoms with Gasteiger partial charge in [0.05, 0.1) is 10.7 Å². The number of aromatic nitrogens is 2. The normalized spacial score (nSPS) is 10.8. The van der Waals surface area contributed by atoms with Crippen LogP contribution in [0, 0.1) is 12.7 Å². The van der Waals surface area contributed by atoms with E-state index in [0.29, 0.717) is 12.1 Å². The third-order valence-corrected chi connectivity index (χ3v) is 3.37. The maximum atomic E-state index is 13.7. The number of hydrogen-bond donors (Lipinski definition) is 0. The van der Waals surface area contributed by atoms with Gasteiger partial charge in [0.25, 0.3) is 0 Å². The first-order valence-corrected chi connectivity index (χ1v) is 6.87. The molecule has 1 heterocycles. The van der Waals surface area contributed by atoms with Crippen LogP contribution in [0.15, 0.2) is 24.3 Å². The van der Waals surface area contributed by atoms with Crippen LogP contribution >= 0.6 is 11.6 Å². The van der Waals surface area contributed by atoms with Gasteiger partial charge in [0.15, 0.2) is 0 Å². The van der Waals surface area contributed by atoms with E-state index in [9.17, 15) is 9.18 Å². The van der Waals surface area contributed by atoms with Gasteiger partial charge in [-0.05, 0) is 31.5 Å². The zero-order valence-corrected chi connectivity index (χ0v) is 12.2. The van der Waals surface area contributed by atoms with Gasteiger partial charge in [0.1, 0.15) is 11.6 Å². The molecule has 0 atom stereocenters. The first kappa shape index (κ1) is 14.7. The molecular weight excluding hydrogens is 279 g/mol. The van der Waals surface area contributed by atoms with Crippen molar-refractivity contribution in [3.8, 4) is 0 Å². The van der Waals surface area contributed by atoms with Crippen molar-refractivity contribution in [1.82, 2.24) is 9.78 Å². The van der Waals surface area contributed by atoms with Crippen LogP contribution in [0.1, 0.15) is 23.9 Å². The zero-order chi connectivity index (χ0) is 14.7. The molecule has 2 rings (SSSR count). The van der Waals surface area contributed by atoms with Crippen LogP contribution in [0.5, 0.6) is 0 Å². The number of nitrogens with zero attached hydrogens (tertiary/aromatic N) is 2. The predicted octanol–water partition coefficient (Wildman–Crippen LogP) is 3.36. The third kappa shape index (κ3) is 3.25. The number of rotatable bonds is 5. The van der Waals surface area contributed by atoms with E-state index in [1.54, 1.807) is 16.8 Å². The molecule has 0 unspecified atom stereocenters. The van der Waals surface area contributed by atoms with Crippen LogP contribution < -0.4 is 0 Å². The molecule has 5 heteroatoms. The molecule has 0 spiro atoms. The highest BCUT2D eigenvalue weighted by Gasteiger charge is 2.13. The second-order valence-electron chi connectivity index (χ2n) is 4.70. The highest BCUT2D eigenvalue weighted by molar-refractivity contribution is 6.30. The Hall–Kier alpha value is -1.68. The molecule has 0 saturated carbocycles. The molecule has 1 aromatic heterocycles. The van der Waals surface area contributed by atoms with Crippen LogP contribution in [0.4, 0.5) is 4.39 Å². The monoisotopic (exact) mass is 294 g/mol. The number of hydrogen-bond acceptors (Lipinski definition) is 2. The number of carbonyl (C=O) groups excluding carboxylic acids is 1. The first-order chi connectivity index (χ1) is 9.51. The Labute approximate surface area is 122 Å². The first-order valence-electron chi connectivity index (χ1n) is 6.49. The predicted molar refractivity (Wildman–Crippen MR) is 76.5 cm³/mol. The molecule has 0 saturated heterocycles. The summed E-state index contributed by atoms with van der Waals surface area (Å²) in [6.07, 6.45) is 0.293. The minimum absolute atomic E-state index is 0.0420. The molecule has 0 amide bonds. The van der Waals surface area contributed by atoms with Crippen molar-refractivity contribution < 1.29 is 9.18 Å². The van der Waals surface area contributed by atoms with Gasteiger partial charge in [0.2, 0.25) is 0 Å². The fraction of sp³-hybridized carbons (Fsp3) is 0.333. The van der Waals surface area contributed by atoms with Crippen LogP contribution in [0.3, 0.4) is 0 Å². The summed E-state index contributed by atoms with van der Waals surface area (Å²) in [6.45, 7) is 4.57. The molecule has 0 aliphatic heterocycles. The van der Waals surface area contributed by atoms with Crippen molar-refractivity contribution in [2.75, 3.05) is 0 Å². The summed E-state index contributed by atoms with van der Waals surface area (Å²) >= 11 is 5.71. The Morgan fingerprint density at radius 2 is 2.15 bits per heavy atom. The molecule has 20 heavy (non-hydrogen) atoms. The fourth-order valence-electron chi connectivity index (χ4n) is 2.18. The summed E-state index contributed by atoms with van der Waals surface area (Å²) in [5, 5.41) is 4.34. The van der Waals surface area contributed by atoms with Crippen molar-refractivity contribution in [3.63, 3.8) is 0 Å². The van der Waals surface area contributed by atoms with Crippen LogP contribution in [0.25, 0.3) is 0 Å². The molecule has 3 nitrogen and oxygen atoms in total. The molecule has 2 aromatic rings. The molecule has 1 aromatic carbocycles. The van der Waals surface area contributed by atoms with Gasteiger partial charge in [-0.25, -0.2) is 4.39 Å². The second-order valence-corrected chi connectivity index (χ2v) is 5.11. The highest BCUT2D eigenvalue weighted by Crippen LogP contribution is 2.19. The number of halogens is 2. The highest BCUT2D eigenvalue weighted by atomic mass is 35.5. The average molecular weight is 295 g/mol. The van der Waals surface area contributed by atoms with Gasteiger partial charge in [-0.1, -0.05) is 23.7 Å². The Kier molecular flexibility index (Phi) is 4.55. The van der Waals surface area contributed by atoms with Crippen molar-refractivity contribution in [3.05, 3.63) is 52.1 Å². The fourth-order valence-corrected chi connectivity index (χ4v) is 2.37. The van der Waals surface area contributed by atoms with Gasteiger partial charge < -0.3 is 0 Å². The van der Waals surface area contributed by atoms with Gasteiger partial charge in [-0.15, -0.1) is 0 Å². The standard InChI is InChI=1S/C15H16ClFN2O/c1-3-19-12(7-10(2)18-19)9-13(20)8-11-5-4-6-14(16)15(11)17/h4-7H,3,8-9H2,1-2H3. The summed E-state index contributed by atoms with van der Waals surface area (Å²) in [7, 11) is 0. The number of benzene rings is 1. The topological polar surface area (TPSA) is 34.9 Å². The largest absolute Gasteiger partial charge is 0.299 e. The van der Waals surface area contributed by atoms with E-state index in [1.807, 2.05) is 19.9 Å². The van der Waals surface area contributed by atoms with E-state index < -0.39 is 5.82 Å². The number of ketones is 1. The second kappa shape index (κ2) is 6.18. The lowest BCUT2D eigenvalue weighted by atomic mass is 10.0. The summed E-state index contributed by atoms with van der Waals surface area (Å²) in [4.78, 5) is 12.1. The molecule has 0 aliphatic rings. The molecule has 0 aliphatic carbocycles. The quantitative estimate of drug-likeness (QED) is 0.847. The summed E-state index contributed by atoms with van der Waals surface area (Å²) in [5.41, 5.74) is 2.07.